The average molecular weight is 497 g/mol. The van der Waals surface area contributed by atoms with Crippen LogP contribution in [0.4, 0.5) is 5.69 Å². The highest BCUT2D eigenvalue weighted by Crippen LogP contribution is 2.33. The highest BCUT2D eigenvalue weighted by Gasteiger charge is 2.22. The minimum Gasteiger partial charge on any atom is -0.494 e. The lowest BCUT2D eigenvalue weighted by atomic mass is 10.1. The molecule has 0 saturated heterocycles. The van der Waals surface area contributed by atoms with Crippen LogP contribution in [0.15, 0.2) is 59.5 Å². The zero-order chi connectivity index (χ0) is 25.4. The molecule has 184 valence electrons. The van der Waals surface area contributed by atoms with E-state index in [9.17, 15) is 9.90 Å². The fraction of sp³-hybridized carbons (Fsp3) is 0.269. The van der Waals surface area contributed by atoms with Gasteiger partial charge in [0.25, 0.3) is 5.56 Å². The molecule has 1 aromatic heterocycles. The van der Waals surface area contributed by atoms with Crippen molar-refractivity contribution in [3.8, 4) is 23.1 Å². The zero-order valence-electron chi connectivity index (χ0n) is 20.0. The Kier molecular flexibility index (Phi) is 8.92. The van der Waals surface area contributed by atoms with Crippen LogP contribution < -0.4 is 20.3 Å². The van der Waals surface area contributed by atoms with Crippen LogP contribution in [0.3, 0.4) is 0 Å². The van der Waals surface area contributed by atoms with Gasteiger partial charge in [0.15, 0.2) is 0 Å². The molecule has 2 aromatic carbocycles. The van der Waals surface area contributed by atoms with Crippen LogP contribution in [0.1, 0.15) is 31.2 Å². The summed E-state index contributed by atoms with van der Waals surface area (Å²) in [5.74, 6) is 0.886. The van der Waals surface area contributed by atoms with Gasteiger partial charge >= 0.3 is 0 Å². The first-order valence-corrected chi connectivity index (χ1v) is 11.6. The summed E-state index contributed by atoms with van der Waals surface area (Å²) in [7, 11) is 3.02. The lowest BCUT2D eigenvalue weighted by Gasteiger charge is -2.19. The van der Waals surface area contributed by atoms with Crippen LogP contribution in [0, 0.1) is 5.41 Å². The summed E-state index contributed by atoms with van der Waals surface area (Å²) in [6.45, 7) is 2.03. The average Bonchev–Trinajstić information content (AvgIpc) is 2.86. The Hall–Kier alpha value is -3.78. The maximum absolute atomic E-state index is 13.7. The number of allylic oxidation sites excluding steroid dienone is 1. The molecule has 3 aromatic rings. The molecule has 0 unspecified atom stereocenters. The summed E-state index contributed by atoms with van der Waals surface area (Å²) in [5.41, 5.74) is 0.859. The van der Waals surface area contributed by atoms with Crippen molar-refractivity contribution in [2.45, 2.75) is 32.6 Å². The summed E-state index contributed by atoms with van der Waals surface area (Å²) in [6.07, 6.45) is 5.14. The third kappa shape index (κ3) is 6.22. The van der Waals surface area contributed by atoms with Gasteiger partial charge in [0, 0.05) is 35.5 Å². The predicted octanol–water partition coefficient (Wildman–Crippen LogP) is 5.14. The summed E-state index contributed by atoms with van der Waals surface area (Å²) in [5, 5.41) is 22.6. The Bertz CT molecular complexity index is 1250. The second-order valence-electron chi connectivity index (χ2n) is 7.77. The largest absolute Gasteiger partial charge is 0.494 e. The molecule has 0 aliphatic carbocycles. The van der Waals surface area contributed by atoms with E-state index < -0.39 is 5.56 Å². The van der Waals surface area contributed by atoms with Crippen molar-refractivity contribution in [3.63, 3.8) is 0 Å². The molecule has 3 rings (SSSR count). The van der Waals surface area contributed by atoms with Crippen molar-refractivity contribution in [1.82, 2.24) is 9.55 Å². The minimum atomic E-state index is -0.477. The molecule has 0 spiro atoms. The zero-order valence-corrected chi connectivity index (χ0v) is 20.7. The van der Waals surface area contributed by atoms with Crippen molar-refractivity contribution in [3.05, 3.63) is 81.5 Å². The van der Waals surface area contributed by atoms with Crippen LogP contribution in [0.25, 0.3) is 5.69 Å². The number of unbranched alkanes of at least 4 members (excludes halogenated alkanes) is 1. The SMILES string of the molecule is CCCCc1nc(O)c(CC(=N)/C=C\Nc2ccc(Cl)cc2)c(=O)n1-c1c(OC)cccc1OC. The maximum Gasteiger partial charge on any atom is 0.265 e. The van der Waals surface area contributed by atoms with E-state index in [-0.39, 0.29) is 23.6 Å². The maximum atomic E-state index is 13.7. The van der Waals surface area contributed by atoms with Gasteiger partial charge in [-0.3, -0.25) is 9.36 Å². The Morgan fingerprint density at radius 2 is 1.83 bits per heavy atom. The molecule has 0 radical (unpaired) electrons. The van der Waals surface area contributed by atoms with Gasteiger partial charge in [-0.25, -0.2) is 0 Å². The molecule has 0 aliphatic heterocycles. The normalized spacial score (nSPS) is 11.0. The second kappa shape index (κ2) is 12.1. The first-order valence-electron chi connectivity index (χ1n) is 11.2. The van der Waals surface area contributed by atoms with Crippen molar-refractivity contribution < 1.29 is 14.6 Å². The summed E-state index contributed by atoms with van der Waals surface area (Å²) < 4.78 is 12.4. The number of benzene rings is 2. The standard InChI is InChI=1S/C26H29ClN4O4/c1-4-5-9-23-30-25(32)20(16-18(28)14-15-29-19-12-10-17(27)11-13-19)26(33)31(23)24-21(34-2)7-6-8-22(24)35-3/h6-8,10-15,28-29,32H,4-5,9,16H2,1-3H3/b15-14-,28-18?. The van der Waals surface area contributed by atoms with Gasteiger partial charge in [0.2, 0.25) is 5.88 Å². The van der Waals surface area contributed by atoms with Gasteiger partial charge < -0.3 is 25.3 Å². The second-order valence-corrected chi connectivity index (χ2v) is 8.21. The molecule has 0 saturated carbocycles. The third-order valence-corrected chi connectivity index (χ3v) is 5.60. The van der Waals surface area contributed by atoms with Crippen molar-refractivity contribution in [2.24, 2.45) is 0 Å². The number of nitrogens with zero attached hydrogens (tertiary/aromatic N) is 2. The van der Waals surface area contributed by atoms with E-state index in [0.717, 1.165) is 18.5 Å². The number of methoxy groups -OCH3 is 2. The van der Waals surface area contributed by atoms with E-state index in [2.05, 4.69) is 10.3 Å². The lowest BCUT2D eigenvalue weighted by molar-refractivity contribution is 0.388. The number of ether oxygens (including phenoxy) is 2. The van der Waals surface area contributed by atoms with Crippen molar-refractivity contribution >= 4 is 23.0 Å². The Balaban J connectivity index is 1.99. The molecule has 9 heteroatoms. The molecular weight excluding hydrogens is 468 g/mol. The summed E-state index contributed by atoms with van der Waals surface area (Å²) in [4.78, 5) is 18.0. The van der Waals surface area contributed by atoms with Crippen LogP contribution >= 0.6 is 11.6 Å². The fourth-order valence-electron chi connectivity index (χ4n) is 3.56. The number of hydrogen-bond donors (Lipinski definition) is 3. The highest BCUT2D eigenvalue weighted by molar-refractivity contribution is 6.30. The van der Waals surface area contributed by atoms with Crippen LogP contribution in [0.2, 0.25) is 5.02 Å². The topological polar surface area (TPSA) is 109 Å². The number of hydrogen-bond acceptors (Lipinski definition) is 7. The van der Waals surface area contributed by atoms with Crippen molar-refractivity contribution in [1.29, 1.82) is 5.41 Å². The van der Waals surface area contributed by atoms with E-state index in [0.29, 0.717) is 34.5 Å². The number of aromatic nitrogens is 2. The molecule has 3 N–H and O–H groups in total. The number of aryl methyl sites for hydroxylation is 1. The van der Waals surface area contributed by atoms with E-state index in [1.807, 2.05) is 6.92 Å². The van der Waals surface area contributed by atoms with Gasteiger partial charge in [-0.05, 0) is 48.9 Å². The Labute approximate surface area is 209 Å². The lowest BCUT2D eigenvalue weighted by Crippen LogP contribution is -2.29. The minimum absolute atomic E-state index is 0.0133. The molecule has 35 heavy (non-hydrogen) atoms. The molecule has 0 bridgehead atoms. The number of halogens is 1. The Morgan fingerprint density at radius 1 is 1.17 bits per heavy atom. The van der Waals surface area contributed by atoms with Gasteiger partial charge in [0.1, 0.15) is 23.0 Å². The van der Waals surface area contributed by atoms with Crippen LogP contribution in [-0.2, 0) is 12.8 Å². The first kappa shape index (κ1) is 25.8. The molecule has 1 heterocycles. The Morgan fingerprint density at radius 3 is 2.43 bits per heavy atom. The van der Waals surface area contributed by atoms with E-state index in [1.165, 1.54) is 24.9 Å². The van der Waals surface area contributed by atoms with Gasteiger partial charge in [0.05, 0.1) is 19.8 Å². The monoisotopic (exact) mass is 496 g/mol. The van der Waals surface area contributed by atoms with Crippen LogP contribution in [0.5, 0.6) is 17.4 Å². The van der Waals surface area contributed by atoms with E-state index in [1.54, 1.807) is 48.7 Å². The summed E-state index contributed by atoms with van der Waals surface area (Å²) in [6, 6.07) is 12.3. The third-order valence-electron chi connectivity index (χ3n) is 5.35. The molecule has 0 atom stereocenters. The fourth-order valence-corrected chi connectivity index (χ4v) is 3.69. The number of para-hydroxylation sites is 1. The smallest absolute Gasteiger partial charge is 0.265 e. The molecular formula is C26H29ClN4O4. The van der Waals surface area contributed by atoms with E-state index in [4.69, 9.17) is 26.5 Å². The van der Waals surface area contributed by atoms with Crippen molar-refractivity contribution in [2.75, 3.05) is 19.5 Å². The number of nitrogens with one attached hydrogen (secondary N) is 2. The first-order chi connectivity index (χ1) is 16.9. The predicted molar refractivity (Wildman–Crippen MR) is 139 cm³/mol. The number of rotatable bonds is 11. The molecule has 0 amide bonds. The van der Waals surface area contributed by atoms with Crippen LogP contribution in [-0.4, -0.2) is 34.6 Å². The van der Waals surface area contributed by atoms with Gasteiger partial charge in [-0.2, -0.15) is 4.98 Å². The number of anilines is 1. The molecule has 0 fully saturated rings. The van der Waals surface area contributed by atoms with Gasteiger partial charge in [-0.1, -0.05) is 31.0 Å². The highest BCUT2D eigenvalue weighted by atomic mass is 35.5. The summed E-state index contributed by atoms with van der Waals surface area (Å²) >= 11 is 5.89. The molecule has 8 nitrogen and oxygen atoms in total. The quantitative estimate of drug-likeness (QED) is 0.317. The van der Waals surface area contributed by atoms with Gasteiger partial charge in [-0.15, -0.1) is 0 Å². The number of aromatic hydroxyl groups is 1. The molecule has 0 aliphatic rings. The van der Waals surface area contributed by atoms with E-state index >= 15 is 0 Å².